The van der Waals surface area contributed by atoms with Crippen LogP contribution in [0, 0.1) is 12.3 Å². The number of carbonyl (C=O) groups excluding carboxylic acids is 1. The number of amides is 1. The zero-order valence-corrected chi connectivity index (χ0v) is 18.9. The summed E-state index contributed by atoms with van der Waals surface area (Å²) in [4.78, 5) is 30.3. The molecule has 0 bridgehead atoms. The fourth-order valence-corrected chi connectivity index (χ4v) is 3.97. The zero-order chi connectivity index (χ0) is 23.3. The molecule has 0 saturated carbocycles. The van der Waals surface area contributed by atoms with Gasteiger partial charge in [-0.05, 0) is 60.7 Å². The molecule has 0 radical (unpaired) electrons. The lowest BCUT2D eigenvalue weighted by Gasteiger charge is -2.11. The fourth-order valence-electron chi connectivity index (χ4n) is 2.78. The first-order chi connectivity index (χ1) is 15.3. The Hall–Kier alpha value is -3.41. The molecule has 2 aromatic carbocycles. The number of ether oxygens (including phenoxy) is 2. The summed E-state index contributed by atoms with van der Waals surface area (Å²) >= 11 is 7.09. The highest BCUT2D eigenvalue weighted by Gasteiger charge is 2.30. The van der Waals surface area contributed by atoms with Crippen molar-refractivity contribution in [3.05, 3.63) is 57.5 Å². The van der Waals surface area contributed by atoms with Crippen molar-refractivity contribution in [2.45, 2.75) is 6.92 Å². The predicted molar refractivity (Wildman–Crippen MR) is 126 cm³/mol. The molecule has 1 aliphatic heterocycles. The summed E-state index contributed by atoms with van der Waals surface area (Å²) < 4.78 is 11.1. The number of carboxylic acids is 1. The summed E-state index contributed by atoms with van der Waals surface area (Å²) in [5.41, 5.74) is 1.06. The van der Waals surface area contributed by atoms with E-state index < -0.39 is 5.97 Å². The molecule has 164 valence electrons. The minimum Gasteiger partial charge on any atom is -0.490 e. The maximum Gasteiger partial charge on any atom is 0.337 e. The van der Waals surface area contributed by atoms with Crippen molar-refractivity contribution in [1.82, 2.24) is 4.90 Å². The van der Waals surface area contributed by atoms with Crippen LogP contribution in [0.4, 0.5) is 5.69 Å². The maximum absolute atomic E-state index is 12.7. The summed E-state index contributed by atoms with van der Waals surface area (Å²) in [6, 6.07) is 9.71. The van der Waals surface area contributed by atoms with E-state index in [4.69, 9.17) is 27.5 Å². The lowest BCUT2D eigenvalue weighted by Crippen LogP contribution is -2.23. The minimum absolute atomic E-state index is 0.0585. The fraction of sp³-hybridized carbons (Fsp3) is 0.174. The van der Waals surface area contributed by atoms with Gasteiger partial charge in [0, 0.05) is 7.05 Å². The number of aromatic carboxylic acids is 1. The van der Waals surface area contributed by atoms with E-state index in [1.165, 1.54) is 28.8 Å². The maximum atomic E-state index is 12.7. The number of halogens is 1. The Morgan fingerprint density at radius 1 is 1.28 bits per heavy atom. The van der Waals surface area contributed by atoms with Gasteiger partial charge in [-0.3, -0.25) is 9.69 Å². The lowest BCUT2D eigenvalue weighted by molar-refractivity contribution is -0.121. The van der Waals surface area contributed by atoms with Gasteiger partial charge in [0.15, 0.2) is 16.7 Å². The van der Waals surface area contributed by atoms with Crippen molar-refractivity contribution in [3.63, 3.8) is 0 Å². The summed E-state index contributed by atoms with van der Waals surface area (Å²) in [6.45, 7) is 2.42. The van der Waals surface area contributed by atoms with Crippen molar-refractivity contribution >= 4 is 52.2 Å². The highest BCUT2D eigenvalue weighted by Crippen LogP contribution is 2.35. The first-order valence-electron chi connectivity index (χ1n) is 9.46. The van der Waals surface area contributed by atoms with Crippen molar-refractivity contribution in [1.29, 1.82) is 0 Å². The van der Waals surface area contributed by atoms with E-state index in [-0.39, 0.29) is 23.1 Å². The number of hydrogen-bond donors (Lipinski definition) is 1. The molecule has 0 spiro atoms. The van der Waals surface area contributed by atoms with Gasteiger partial charge in [-0.25, -0.2) is 9.79 Å². The molecule has 1 heterocycles. The third-order valence-corrected chi connectivity index (χ3v) is 5.67. The van der Waals surface area contributed by atoms with E-state index in [9.17, 15) is 14.7 Å². The second-order valence-corrected chi connectivity index (χ2v) is 7.89. The SMILES string of the molecule is C#CCOc1ccc(/C=C2/SC(=Nc3ccc(Cl)c(C(=O)O)c3)N(C)C2=O)cc1OCC. The molecule has 1 fully saturated rings. The van der Waals surface area contributed by atoms with Crippen LogP contribution in [0.25, 0.3) is 6.08 Å². The molecule has 2 aromatic rings. The molecule has 0 aromatic heterocycles. The normalized spacial score (nSPS) is 15.8. The molecule has 32 heavy (non-hydrogen) atoms. The van der Waals surface area contributed by atoms with E-state index in [0.29, 0.717) is 33.9 Å². The number of amidine groups is 1. The van der Waals surface area contributed by atoms with E-state index in [1.807, 2.05) is 6.92 Å². The van der Waals surface area contributed by atoms with Crippen LogP contribution < -0.4 is 9.47 Å². The largest absolute Gasteiger partial charge is 0.490 e. The minimum atomic E-state index is -1.15. The molecule has 1 N–H and O–H groups in total. The third kappa shape index (κ3) is 5.25. The lowest BCUT2D eigenvalue weighted by atomic mass is 10.2. The molecule has 1 aliphatic rings. The van der Waals surface area contributed by atoms with Crippen LogP contribution in [0.1, 0.15) is 22.8 Å². The summed E-state index contributed by atoms with van der Waals surface area (Å²) in [5, 5.41) is 9.77. The number of terminal acetylenes is 1. The van der Waals surface area contributed by atoms with Gasteiger partial charge in [0.2, 0.25) is 0 Å². The Labute approximate surface area is 194 Å². The Balaban J connectivity index is 1.89. The molecule has 1 saturated heterocycles. The molecule has 9 heteroatoms. The van der Waals surface area contributed by atoms with Gasteiger partial charge in [0.25, 0.3) is 5.91 Å². The number of nitrogens with zero attached hydrogens (tertiary/aromatic N) is 2. The van der Waals surface area contributed by atoms with E-state index in [1.54, 1.807) is 37.4 Å². The highest BCUT2D eigenvalue weighted by atomic mass is 35.5. The van der Waals surface area contributed by atoms with Crippen LogP contribution >= 0.6 is 23.4 Å². The van der Waals surface area contributed by atoms with Gasteiger partial charge in [-0.15, -0.1) is 6.42 Å². The quantitative estimate of drug-likeness (QED) is 0.466. The molecule has 0 aliphatic carbocycles. The van der Waals surface area contributed by atoms with Crippen LogP contribution in [-0.4, -0.2) is 47.3 Å². The van der Waals surface area contributed by atoms with E-state index in [2.05, 4.69) is 10.9 Å². The number of carboxylic acid groups (broad SMARTS) is 1. The number of rotatable bonds is 7. The van der Waals surface area contributed by atoms with Crippen LogP contribution in [0.2, 0.25) is 5.02 Å². The van der Waals surface area contributed by atoms with Gasteiger partial charge < -0.3 is 14.6 Å². The smallest absolute Gasteiger partial charge is 0.337 e. The monoisotopic (exact) mass is 470 g/mol. The number of carbonyl (C=O) groups is 2. The number of benzene rings is 2. The molecular weight excluding hydrogens is 452 g/mol. The average Bonchev–Trinajstić information content (AvgIpc) is 3.02. The van der Waals surface area contributed by atoms with E-state index in [0.717, 1.165) is 5.56 Å². The van der Waals surface area contributed by atoms with Crippen molar-refractivity contribution in [2.24, 2.45) is 4.99 Å². The summed E-state index contributed by atoms with van der Waals surface area (Å²) in [7, 11) is 1.60. The van der Waals surface area contributed by atoms with Gasteiger partial charge in [0.05, 0.1) is 27.8 Å². The first kappa shape index (κ1) is 23.3. The molecular formula is C23H19ClN2O5S. The summed E-state index contributed by atoms with van der Waals surface area (Å²) in [6.07, 6.45) is 6.98. The van der Waals surface area contributed by atoms with Crippen molar-refractivity contribution in [2.75, 3.05) is 20.3 Å². The van der Waals surface area contributed by atoms with Crippen LogP contribution in [0.5, 0.6) is 11.5 Å². The van der Waals surface area contributed by atoms with Crippen LogP contribution in [0.15, 0.2) is 46.3 Å². The number of aliphatic imine (C=N–C) groups is 1. The second-order valence-electron chi connectivity index (χ2n) is 6.47. The molecule has 7 nitrogen and oxygen atoms in total. The highest BCUT2D eigenvalue weighted by molar-refractivity contribution is 8.18. The Morgan fingerprint density at radius 3 is 2.75 bits per heavy atom. The second kappa shape index (κ2) is 10.3. The number of thioether (sulfide) groups is 1. The van der Waals surface area contributed by atoms with Gasteiger partial charge in [-0.1, -0.05) is 23.6 Å². The molecule has 1 amide bonds. The summed E-state index contributed by atoms with van der Waals surface area (Å²) in [5.74, 6) is 2.08. The van der Waals surface area contributed by atoms with Crippen molar-refractivity contribution < 1.29 is 24.2 Å². The average molecular weight is 471 g/mol. The van der Waals surface area contributed by atoms with Gasteiger partial charge in [-0.2, -0.15) is 0 Å². The first-order valence-corrected chi connectivity index (χ1v) is 10.7. The standard InChI is InChI=1S/C23H19ClN2O5S/c1-4-10-31-18-9-6-14(11-19(18)30-5-2)12-20-21(27)26(3)23(32-20)25-15-7-8-17(24)16(13-15)22(28)29/h1,6-9,11-13H,5,10H2,2-3H3,(H,28,29)/b20-12+,25-23?. The van der Waals surface area contributed by atoms with Crippen molar-refractivity contribution in [3.8, 4) is 23.8 Å². The number of hydrogen-bond acceptors (Lipinski definition) is 6. The van der Waals surface area contributed by atoms with Gasteiger partial charge in [0.1, 0.15) is 6.61 Å². The Bertz CT molecular complexity index is 1170. The molecule has 0 atom stereocenters. The predicted octanol–water partition coefficient (Wildman–Crippen LogP) is 4.68. The Morgan fingerprint density at radius 2 is 2.06 bits per heavy atom. The number of likely N-dealkylation sites (N-methyl/N-ethyl adjacent to an activating group) is 1. The zero-order valence-electron chi connectivity index (χ0n) is 17.3. The third-order valence-electron chi connectivity index (χ3n) is 4.29. The van der Waals surface area contributed by atoms with E-state index >= 15 is 0 Å². The van der Waals surface area contributed by atoms with Gasteiger partial charge >= 0.3 is 5.97 Å². The molecule has 3 rings (SSSR count). The van der Waals surface area contributed by atoms with Crippen LogP contribution in [0.3, 0.4) is 0 Å². The van der Waals surface area contributed by atoms with Crippen LogP contribution in [-0.2, 0) is 4.79 Å². The topological polar surface area (TPSA) is 88.4 Å². The molecule has 0 unspecified atom stereocenters. The Kier molecular flexibility index (Phi) is 7.46.